The van der Waals surface area contributed by atoms with Crippen molar-refractivity contribution in [3.05, 3.63) is 0 Å². The van der Waals surface area contributed by atoms with Gasteiger partial charge in [0.2, 0.25) is 5.91 Å². The number of nitrogens with zero attached hydrogens (tertiary/aromatic N) is 1. The monoisotopic (exact) mass is 308 g/mol. The van der Waals surface area contributed by atoms with Gasteiger partial charge < -0.3 is 15.3 Å². The number of nitrogens with one attached hydrogen (secondary N) is 1. The predicted octanol–water partition coefficient (Wildman–Crippen LogP) is 1.54. The maximum Gasteiger partial charge on any atom is 0.393 e. The second-order valence-corrected chi connectivity index (χ2v) is 6.18. The highest BCUT2D eigenvalue weighted by molar-refractivity contribution is 5.82. The first kappa shape index (κ1) is 16.5. The van der Waals surface area contributed by atoms with Gasteiger partial charge >= 0.3 is 6.18 Å². The molecule has 3 unspecified atom stereocenters. The summed E-state index contributed by atoms with van der Waals surface area (Å²) >= 11 is 0. The molecule has 0 aromatic heterocycles. The van der Waals surface area contributed by atoms with Crippen LogP contribution in [0.1, 0.15) is 32.6 Å². The Bertz CT molecular complexity index is 358. The molecule has 1 amide bonds. The molecule has 2 heterocycles. The van der Waals surface area contributed by atoms with E-state index in [1.54, 1.807) is 11.8 Å². The van der Waals surface area contributed by atoms with Crippen LogP contribution in [0, 0.1) is 11.8 Å². The first-order valence-corrected chi connectivity index (χ1v) is 7.56. The van der Waals surface area contributed by atoms with Gasteiger partial charge in [-0.15, -0.1) is 0 Å². The van der Waals surface area contributed by atoms with E-state index in [0.717, 1.165) is 12.8 Å². The molecular formula is C14H23F3N2O2. The van der Waals surface area contributed by atoms with E-state index in [-0.39, 0.29) is 37.3 Å². The minimum Gasteiger partial charge on any atom is -0.393 e. The number of alkyl halides is 3. The molecular weight excluding hydrogens is 285 g/mol. The van der Waals surface area contributed by atoms with Gasteiger partial charge in [-0.05, 0) is 38.5 Å². The number of aliphatic hydroxyl groups excluding tert-OH is 1. The molecule has 2 fully saturated rings. The van der Waals surface area contributed by atoms with Crippen LogP contribution >= 0.6 is 0 Å². The lowest BCUT2D eigenvalue weighted by Gasteiger charge is -2.37. The highest BCUT2D eigenvalue weighted by Crippen LogP contribution is 2.32. The lowest BCUT2D eigenvalue weighted by atomic mass is 9.90. The van der Waals surface area contributed by atoms with Gasteiger partial charge in [0.05, 0.1) is 18.1 Å². The third-order valence-corrected chi connectivity index (χ3v) is 4.71. The molecule has 21 heavy (non-hydrogen) atoms. The molecule has 122 valence electrons. The van der Waals surface area contributed by atoms with Crippen molar-refractivity contribution >= 4 is 5.91 Å². The van der Waals surface area contributed by atoms with Gasteiger partial charge in [-0.2, -0.15) is 13.2 Å². The summed E-state index contributed by atoms with van der Waals surface area (Å²) in [6.07, 6.45) is -2.81. The normalized spacial score (nSPS) is 30.2. The summed E-state index contributed by atoms with van der Waals surface area (Å²) in [5.41, 5.74) is 0. The number of aliphatic hydroxyl groups is 1. The number of carbonyl (C=O) groups excluding carboxylic acids is 1. The number of likely N-dealkylation sites (tertiary alicyclic amines) is 1. The lowest BCUT2D eigenvalue weighted by molar-refractivity contribution is -0.180. The molecule has 2 N–H and O–H groups in total. The van der Waals surface area contributed by atoms with Gasteiger partial charge in [0, 0.05) is 19.6 Å². The van der Waals surface area contributed by atoms with Crippen molar-refractivity contribution < 1.29 is 23.1 Å². The van der Waals surface area contributed by atoms with Crippen molar-refractivity contribution in [1.82, 2.24) is 10.2 Å². The van der Waals surface area contributed by atoms with Gasteiger partial charge in [-0.25, -0.2) is 0 Å². The van der Waals surface area contributed by atoms with E-state index in [0.29, 0.717) is 13.1 Å². The van der Waals surface area contributed by atoms with Crippen LogP contribution in [0.25, 0.3) is 0 Å². The zero-order valence-electron chi connectivity index (χ0n) is 12.2. The molecule has 0 saturated carbocycles. The van der Waals surface area contributed by atoms with Crippen LogP contribution in [0.3, 0.4) is 0 Å². The minimum atomic E-state index is -4.18. The van der Waals surface area contributed by atoms with Gasteiger partial charge in [0.25, 0.3) is 0 Å². The average Bonchev–Trinajstić information content (AvgIpc) is 2.46. The van der Waals surface area contributed by atoms with E-state index in [4.69, 9.17) is 0 Å². The lowest BCUT2D eigenvalue weighted by Crippen LogP contribution is -2.54. The largest absolute Gasteiger partial charge is 0.393 e. The zero-order chi connectivity index (χ0) is 15.6. The maximum absolute atomic E-state index is 12.6. The fourth-order valence-electron chi connectivity index (χ4n) is 3.17. The summed E-state index contributed by atoms with van der Waals surface area (Å²) < 4.78 is 37.8. The van der Waals surface area contributed by atoms with Gasteiger partial charge in [0.15, 0.2) is 0 Å². The van der Waals surface area contributed by atoms with Crippen LogP contribution in [0.4, 0.5) is 13.2 Å². The molecule has 3 atom stereocenters. The maximum atomic E-state index is 12.6. The van der Waals surface area contributed by atoms with E-state index >= 15 is 0 Å². The van der Waals surface area contributed by atoms with E-state index in [2.05, 4.69) is 5.32 Å². The van der Waals surface area contributed by atoms with Crippen molar-refractivity contribution in [3.8, 4) is 0 Å². The van der Waals surface area contributed by atoms with Crippen LogP contribution in [-0.4, -0.2) is 53.9 Å². The third kappa shape index (κ3) is 4.10. The predicted molar refractivity (Wildman–Crippen MR) is 71.6 cm³/mol. The molecule has 0 aromatic carbocycles. The van der Waals surface area contributed by atoms with Crippen LogP contribution in [-0.2, 0) is 4.79 Å². The van der Waals surface area contributed by atoms with Crippen molar-refractivity contribution in [2.75, 3.05) is 19.6 Å². The summed E-state index contributed by atoms with van der Waals surface area (Å²) in [6.45, 7) is 2.73. The molecule has 0 aromatic rings. The second-order valence-electron chi connectivity index (χ2n) is 6.18. The number of amides is 1. The fraction of sp³-hybridized carbons (Fsp3) is 0.929. The number of halogens is 3. The van der Waals surface area contributed by atoms with Gasteiger partial charge in [0.1, 0.15) is 0 Å². The third-order valence-electron chi connectivity index (χ3n) is 4.71. The summed E-state index contributed by atoms with van der Waals surface area (Å²) in [7, 11) is 0. The van der Waals surface area contributed by atoms with Crippen LogP contribution < -0.4 is 5.32 Å². The Morgan fingerprint density at radius 3 is 2.29 bits per heavy atom. The molecule has 2 aliphatic rings. The van der Waals surface area contributed by atoms with Crippen LogP contribution in [0.5, 0.6) is 0 Å². The second kappa shape index (κ2) is 6.52. The minimum absolute atomic E-state index is 0.0110. The molecule has 2 aliphatic heterocycles. The topological polar surface area (TPSA) is 52.6 Å². The molecule has 2 rings (SSSR count). The zero-order valence-corrected chi connectivity index (χ0v) is 12.2. The van der Waals surface area contributed by atoms with Crippen LogP contribution in [0.2, 0.25) is 0 Å². The number of rotatable bonds is 2. The van der Waals surface area contributed by atoms with Gasteiger partial charge in [-0.1, -0.05) is 0 Å². The molecule has 2 saturated heterocycles. The van der Waals surface area contributed by atoms with Crippen molar-refractivity contribution in [2.24, 2.45) is 11.8 Å². The van der Waals surface area contributed by atoms with Crippen molar-refractivity contribution in [2.45, 2.75) is 50.9 Å². The Morgan fingerprint density at radius 1 is 1.24 bits per heavy atom. The Labute approximate surface area is 122 Å². The number of carbonyl (C=O) groups is 1. The Morgan fingerprint density at radius 2 is 1.86 bits per heavy atom. The van der Waals surface area contributed by atoms with E-state index < -0.39 is 18.1 Å². The smallest absolute Gasteiger partial charge is 0.393 e. The highest BCUT2D eigenvalue weighted by Gasteiger charge is 2.43. The van der Waals surface area contributed by atoms with Crippen LogP contribution in [0.15, 0.2) is 0 Å². The van der Waals surface area contributed by atoms with Gasteiger partial charge in [-0.3, -0.25) is 4.79 Å². The summed E-state index contributed by atoms with van der Waals surface area (Å²) in [6, 6.07) is -0.494. The van der Waals surface area contributed by atoms with E-state index in [1.807, 2.05) is 0 Å². The van der Waals surface area contributed by atoms with E-state index in [1.165, 1.54) is 0 Å². The highest BCUT2D eigenvalue weighted by atomic mass is 19.4. The standard InChI is InChI=1S/C14H23F3N2O2/c1-9(20)10-4-6-19(7-5-10)13(21)12-3-2-11(8-18-12)14(15,16)17/h9-12,18,20H,2-8H2,1H3. The Kier molecular flexibility index (Phi) is 5.14. The van der Waals surface area contributed by atoms with Crippen molar-refractivity contribution in [1.29, 1.82) is 0 Å². The number of piperidine rings is 2. The summed E-state index contributed by atoms with van der Waals surface area (Å²) in [5, 5.41) is 12.3. The molecule has 0 radical (unpaired) electrons. The average molecular weight is 308 g/mol. The Hall–Kier alpha value is -0.820. The molecule has 7 heteroatoms. The first-order chi connectivity index (χ1) is 9.79. The quantitative estimate of drug-likeness (QED) is 0.813. The first-order valence-electron chi connectivity index (χ1n) is 7.56. The fourth-order valence-corrected chi connectivity index (χ4v) is 3.17. The number of hydrogen-bond acceptors (Lipinski definition) is 3. The molecule has 4 nitrogen and oxygen atoms in total. The van der Waals surface area contributed by atoms with Crippen molar-refractivity contribution in [3.63, 3.8) is 0 Å². The molecule has 0 spiro atoms. The summed E-state index contributed by atoms with van der Waals surface area (Å²) in [4.78, 5) is 14.0. The SMILES string of the molecule is CC(O)C1CCN(C(=O)C2CCC(C(F)(F)F)CN2)CC1. The van der Waals surface area contributed by atoms with E-state index in [9.17, 15) is 23.1 Å². The molecule has 0 bridgehead atoms. The molecule has 0 aliphatic carbocycles. The Balaban J connectivity index is 1.80. The number of hydrogen-bond donors (Lipinski definition) is 2. The summed E-state index contributed by atoms with van der Waals surface area (Å²) in [5.74, 6) is -1.23.